The number of aromatic nitrogens is 1. The number of fused-ring (bicyclic) bond motifs is 2. The second-order valence-corrected chi connectivity index (χ2v) is 9.36. The Morgan fingerprint density at radius 3 is 2.91 bits per heavy atom. The van der Waals surface area contributed by atoms with Crippen LogP contribution >= 0.6 is 0 Å². The fraction of sp³-hybridized carbons (Fsp3) is 0.542. The number of amides is 2. The van der Waals surface area contributed by atoms with Gasteiger partial charge in [0.05, 0.1) is 25.3 Å². The summed E-state index contributed by atoms with van der Waals surface area (Å²) in [5.41, 5.74) is 1.27. The molecule has 9 heteroatoms. The molecule has 3 aliphatic rings. The summed E-state index contributed by atoms with van der Waals surface area (Å²) in [4.78, 5) is 30.4. The number of hydrogen-bond donors (Lipinski definition) is 4. The first kappa shape index (κ1) is 21.7. The molecule has 1 aromatic heterocycles. The van der Waals surface area contributed by atoms with E-state index in [4.69, 9.17) is 4.74 Å². The molecule has 2 saturated heterocycles. The number of ether oxygens (including phenoxy) is 1. The first-order valence-electron chi connectivity index (χ1n) is 11.6. The minimum atomic E-state index is -1.04. The van der Waals surface area contributed by atoms with Crippen LogP contribution < -0.4 is 15.4 Å². The number of aromatic amines is 1. The zero-order valence-corrected chi connectivity index (χ0v) is 18.6. The zero-order chi connectivity index (χ0) is 23.1. The number of likely N-dealkylation sites (tertiary alicyclic amines) is 1. The Kier molecular flexibility index (Phi) is 5.72. The lowest BCUT2D eigenvalue weighted by Gasteiger charge is -2.37. The van der Waals surface area contributed by atoms with Gasteiger partial charge < -0.3 is 25.0 Å². The van der Waals surface area contributed by atoms with Gasteiger partial charge in [-0.25, -0.2) is 0 Å². The summed E-state index contributed by atoms with van der Waals surface area (Å²) in [6.45, 7) is 1.20. The van der Waals surface area contributed by atoms with Gasteiger partial charge in [-0.05, 0) is 55.7 Å². The Bertz CT molecular complexity index is 1110. The van der Waals surface area contributed by atoms with Gasteiger partial charge in [0.1, 0.15) is 17.7 Å². The molecule has 0 radical (unpaired) electrons. The van der Waals surface area contributed by atoms with Crippen LogP contribution in [0.4, 0.5) is 0 Å². The second kappa shape index (κ2) is 8.69. The monoisotopic (exact) mass is 451 g/mol. The highest BCUT2D eigenvalue weighted by molar-refractivity contribution is 6.00. The van der Waals surface area contributed by atoms with Crippen molar-refractivity contribution in [3.05, 3.63) is 30.0 Å². The summed E-state index contributed by atoms with van der Waals surface area (Å²) in [5, 5.41) is 27.4. The number of nitriles is 1. The number of carbonyl (C=O) groups is 2. The minimum Gasteiger partial charge on any atom is -0.496 e. The van der Waals surface area contributed by atoms with Crippen LogP contribution in [0.5, 0.6) is 5.75 Å². The number of aliphatic hydroxyl groups excluding tert-OH is 1. The van der Waals surface area contributed by atoms with Crippen LogP contribution in [0.25, 0.3) is 10.9 Å². The van der Waals surface area contributed by atoms with E-state index in [0.29, 0.717) is 43.3 Å². The number of hydrogen-bond acceptors (Lipinski definition) is 6. The molecule has 2 aliphatic heterocycles. The maximum atomic E-state index is 13.5. The van der Waals surface area contributed by atoms with E-state index in [1.54, 1.807) is 18.1 Å². The Labute approximate surface area is 192 Å². The molecule has 1 aliphatic carbocycles. The molecule has 33 heavy (non-hydrogen) atoms. The van der Waals surface area contributed by atoms with Crippen LogP contribution in [0, 0.1) is 29.1 Å². The molecule has 2 aromatic rings. The second-order valence-electron chi connectivity index (χ2n) is 9.36. The van der Waals surface area contributed by atoms with E-state index < -0.39 is 18.3 Å². The third kappa shape index (κ3) is 3.83. The lowest BCUT2D eigenvalue weighted by atomic mass is 9.72. The number of benzene rings is 1. The van der Waals surface area contributed by atoms with Crippen LogP contribution in [0.3, 0.4) is 0 Å². The maximum absolute atomic E-state index is 13.5. The average Bonchev–Trinajstić information content (AvgIpc) is 3.48. The standard InChI is InChI=1S/C24H29N5O4/c1-33-20-4-2-3-18-17(20)10-19(28-18)24(32)29-12-14-5-6-16(14)21(29)23(31)27-15(11-25)9-13-7-8-26-22(13)30/h2-4,10,13-16,21,23,27-28,31H,5-9,12H2,1H3,(H,26,30). The van der Waals surface area contributed by atoms with Crippen LogP contribution in [0.1, 0.15) is 36.2 Å². The van der Waals surface area contributed by atoms with Gasteiger partial charge in [0.2, 0.25) is 5.91 Å². The Hall–Kier alpha value is -3.09. The van der Waals surface area contributed by atoms with E-state index in [1.165, 1.54) is 0 Å². The highest BCUT2D eigenvalue weighted by Gasteiger charge is 2.52. The molecule has 174 valence electrons. The molecule has 6 atom stereocenters. The molecule has 3 heterocycles. The van der Waals surface area contributed by atoms with Gasteiger partial charge in [-0.2, -0.15) is 5.26 Å². The molecule has 9 nitrogen and oxygen atoms in total. The lowest BCUT2D eigenvalue weighted by Crippen LogP contribution is -2.54. The topological polar surface area (TPSA) is 130 Å². The van der Waals surface area contributed by atoms with Gasteiger partial charge in [-0.3, -0.25) is 14.9 Å². The van der Waals surface area contributed by atoms with E-state index in [0.717, 1.165) is 23.7 Å². The highest BCUT2D eigenvalue weighted by atomic mass is 16.5. The Morgan fingerprint density at radius 1 is 1.39 bits per heavy atom. The van der Waals surface area contributed by atoms with Gasteiger partial charge in [0.25, 0.3) is 5.91 Å². The molecular formula is C24H29N5O4. The fourth-order valence-electron chi connectivity index (χ4n) is 5.69. The van der Waals surface area contributed by atoms with Crippen molar-refractivity contribution in [2.45, 2.75) is 44.0 Å². The number of carbonyl (C=O) groups excluding carboxylic acids is 2. The van der Waals surface area contributed by atoms with Crippen LogP contribution in [0.2, 0.25) is 0 Å². The normalized spacial score (nSPS) is 28.0. The van der Waals surface area contributed by atoms with Crippen LogP contribution in [-0.2, 0) is 4.79 Å². The van der Waals surface area contributed by atoms with Crippen molar-refractivity contribution in [1.82, 2.24) is 20.5 Å². The molecule has 1 saturated carbocycles. The summed E-state index contributed by atoms with van der Waals surface area (Å²) in [6, 6.07) is 8.50. The molecule has 1 aromatic carbocycles. The molecule has 0 spiro atoms. The Balaban J connectivity index is 1.34. The first-order valence-corrected chi connectivity index (χ1v) is 11.6. The lowest BCUT2D eigenvalue weighted by molar-refractivity contribution is -0.122. The largest absolute Gasteiger partial charge is 0.496 e. The molecular weight excluding hydrogens is 422 g/mol. The SMILES string of the molecule is COc1cccc2[nH]c(C(=O)N3CC4CCC4C3C(O)NC(C#N)CC3CCNC3=O)cc12. The van der Waals surface area contributed by atoms with Crippen molar-refractivity contribution in [2.24, 2.45) is 17.8 Å². The molecule has 4 N–H and O–H groups in total. The molecule has 5 rings (SSSR count). The first-order chi connectivity index (χ1) is 16.0. The van der Waals surface area contributed by atoms with Gasteiger partial charge in [0, 0.05) is 29.9 Å². The average molecular weight is 452 g/mol. The van der Waals surface area contributed by atoms with E-state index in [1.807, 2.05) is 18.2 Å². The van der Waals surface area contributed by atoms with Crippen molar-refractivity contribution in [3.63, 3.8) is 0 Å². The molecule has 0 bridgehead atoms. The van der Waals surface area contributed by atoms with E-state index >= 15 is 0 Å². The number of nitrogens with one attached hydrogen (secondary N) is 3. The number of rotatable bonds is 7. The fourth-order valence-corrected chi connectivity index (χ4v) is 5.69. The van der Waals surface area contributed by atoms with Gasteiger partial charge in [-0.1, -0.05) is 6.07 Å². The molecule has 3 fully saturated rings. The van der Waals surface area contributed by atoms with Crippen molar-refractivity contribution in [1.29, 1.82) is 5.26 Å². The van der Waals surface area contributed by atoms with Gasteiger partial charge >= 0.3 is 0 Å². The Morgan fingerprint density at radius 2 is 2.24 bits per heavy atom. The van der Waals surface area contributed by atoms with E-state index in [2.05, 4.69) is 21.7 Å². The van der Waals surface area contributed by atoms with Crippen molar-refractivity contribution >= 4 is 22.7 Å². The summed E-state index contributed by atoms with van der Waals surface area (Å²) < 4.78 is 5.41. The maximum Gasteiger partial charge on any atom is 0.270 e. The molecule has 2 amide bonds. The predicted octanol–water partition coefficient (Wildman–Crippen LogP) is 1.35. The minimum absolute atomic E-state index is 0.0440. The van der Waals surface area contributed by atoms with E-state index in [9.17, 15) is 20.0 Å². The van der Waals surface area contributed by atoms with Crippen molar-refractivity contribution in [3.8, 4) is 11.8 Å². The van der Waals surface area contributed by atoms with Crippen molar-refractivity contribution in [2.75, 3.05) is 20.2 Å². The highest BCUT2D eigenvalue weighted by Crippen LogP contribution is 2.46. The third-order valence-electron chi connectivity index (χ3n) is 7.58. The van der Waals surface area contributed by atoms with Gasteiger partial charge in [0.15, 0.2) is 0 Å². The van der Waals surface area contributed by atoms with Crippen LogP contribution in [0.15, 0.2) is 24.3 Å². The summed E-state index contributed by atoms with van der Waals surface area (Å²) in [7, 11) is 1.60. The number of methoxy groups -OCH3 is 1. The summed E-state index contributed by atoms with van der Waals surface area (Å²) >= 11 is 0. The molecule has 6 unspecified atom stereocenters. The van der Waals surface area contributed by atoms with Crippen LogP contribution in [-0.4, -0.2) is 65.3 Å². The number of aliphatic hydroxyl groups is 1. The van der Waals surface area contributed by atoms with E-state index in [-0.39, 0.29) is 23.7 Å². The van der Waals surface area contributed by atoms with Gasteiger partial charge in [-0.15, -0.1) is 0 Å². The number of nitrogens with zero attached hydrogens (tertiary/aromatic N) is 2. The summed E-state index contributed by atoms with van der Waals surface area (Å²) in [6.07, 6.45) is 1.97. The quantitative estimate of drug-likeness (QED) is 0.470. The smallest absolute Gasteiger partial charge is 0.270 e. The number of H-pyrrole nitrogens is 1. The zero-order valence-electron chi connectivity index (χ0n) is 18.6. The third-order valence-corrected chi connectivity index (χ3v) is 7.58. The summed E-state index contributed by atoms with van der Waals surface area (Å²) in [5.74, 6) is 0.804. The predicted molar refractivity (Wildman–Crippen MR) is 120 cm³/mol. The van der Waals surface area contributed by atoms with Crippen molar-refractivity contribution < 1.29 is 19.4 Å².